The maximum Gasteiger partial charge on any atom is 0.306 e. The lowest BCUT2D eigenvalue weighted by Gasteiger charge is -2.18. The standard InChI is InChI=1S/C24H25NO8S/c26-20(18-5-9-22-23(15-18)32-14-13-31-22)8-10-24(28)33-16-21(27)17-3-6-19(7-4-17)34(29,30)25-11-1-2-12-25/h3-7,9,15H,1-2,8,10-14,16H2. The van der Waals surface area contributed by atoms with Gasteiger partial charge in [-0.25, -0.2) is 8.42 Å². The lowest BCUT2D eigenvalue weighted by molar-refractivity contribution is -0.142. The van der Waals surface area contributed by atoms with Crippen LogP contribution in [0.25, 0.3) is 0 Å². The van der Waals surface area contributed by atoms with Gasteiger partial charge in [-0.3, -0.25) is 14.4 Å². The summed E-state index contributed by atoms with van der Waals surface area (Å²) in [5, 5.41) is 0. The van der Waals surface area contributed by atoms with E-state index in [1.165, 1.54) is 28.6 Å². The van der Waals surface area contributed by atoms with E-state index in [9.17, 15) is 22.8 Å². The van der Waals surface area contributed by atoms with Crippen molar-refractivity contribution in [3.63, 3.8) is 0 Å². The first-order valence-corrected chi connectivity index (χ1v) is 12.5. The number of hydrogen-bond acceptors (Lipinski definition) is 8. The van der Waals surface area contributed by atoms with Gasteiger partial charge in [0.05, 0.1) is 11.3 Å². The highest BCUT2D eigenvalue weighted by atomic mass is 32.2. The molecule has 0 unspecified atom stereocenters. The summed E-state index contributed by atoms with van der Waals surface area (Å²) in [6.07, 6.45) is 1.43. The van der Waals surface area contributed by atoms with Crippen molar-refractivity contribution in [2.45, 2.75) is 30.6 Å². The van der Waals surface area contributed by atoms with E-state index in [-0.39, 0.29) is 29.1 Å². The summed E-state index contributed by atoms with van der Waals surface area (Å²) < 4.78 is 42.4. The Balaban J connectivity index is 1.25. The zero-order chi connectivity index (χ0) is 24.1. The third kappa shape index (κ3) is 5.45. The summed E-state index contributed by atoms with van der Waals surface area (Å²) in [6, 6.07) is 10.4. The minimum absolute atomic E-state index is 0.0737. The van der Waals surface area contributed by atoms with Gasteiger partial charge in [0.2, 0.25) is 10.0 Å². The van der Waals surface area contributed by atoms with Gasteiger partial charge >= 0.3 is 5.97 Å². The fraction of sp³-hybridized carbons (Fsp3) is 0.375. The molecule has 0 N–H and O–H groups in total. The molecule has 0 aliphatic carbocycles. The van der Waals surface area contributed by atoms with Crippen LogP contribution >= 0.6 is 0 Å². The molecule has 180 valence electrons. The van der Waals surface area contributed by atoms with Crippen molar-refractivity contribution in [1.82, 2.24) is 4.31 Å². The Morgan fingerprint density at radius 3 is 2.18 bits per heavy atom. The second-order valence-corrected chi connectivity index (χ2v) is 9.94. The Hall–Kier alpha value is -3.24. The SMILES string of the molecule is O=C(CCC(=O)c1ccc2c(c1)OCCO2)OCC(=O)c1ccc(S(=O)(=O)N2CCCC2)cc1. The molecule has 0 atom stereocenters. The second-order valence-electron chi connectivity index (χ2n) is 8.00. The molecule has 1 saturated heterocycles. The zero-order valence-corrected chi connectivity index (χ0v) is 19.3. The molecule has 4 rings (SSSR count). The van der Waals surface area contributed by atoms with Crippen LogP contribution in [0.3, 0.4) is 0 Å². The Morgan fingerprint density at radius 1 is 0.824 bits per heavy atom. The largest absolute Gasteiger partial charge is 0.486 e. The van der Waals surface area contributed by atoms with Gasteiger partial charge < -0.3 is 14.2 Å². The van der Waals surface area contributed by atoms with Crippen molar-refractivity contribution in [3.8, 4) is 11.5 Å². The van der Waals surface area contributed by atoms with Crippen molar-refractivity contribution < 1.29 is 37.0 Å². The van der Waals surface area contributed by atoms with Crippen LogP contribution in [0, 0.1) is 0 Å². The first-order chi connectivity index (χ1) is 16.3. The molecule has 1 fully saturated rings. The highest BCUT2D eigenvalue weighted by Crippen LogP contribution is 2.31. The highest BCUT2D eigenvalue weighted by Gasteiger charge is 2.27. The third-order valence-corrected chi connectivity index (χ3v) is 7.58. The van der Waals surface area contributed by atoms with E-state index in [2.05, 4.69) is 0 Å². The molecule has 0 spiro atoms. The van der Waals surface area contributed by atoms with Crippen LogP contribution in [0.4, 0.5) is 0 Å². The predicted octanol–water partition coefficient (Wildman–Crippen LogP) is 2.63. The Kier molecular flexibility index (Phi) is 7.28. The van der Waals surface area contributed by atoms with Crippen LogP contribution < -0.4 is 9.47 Å². The van der Waals surface area contributed by atoms with E-state index in [0.717, 1.165) is 12.8 Å². The van der Waals surface area contributed by atoms with Gasteiger partial charge in [0.25, 0.3) is 0 Å². The van der Waals surface area contributed by atoms with Crippen LogP contribution in [-0.4, -0.2) is 63.2 Å². The fourth-order valence-electron chi connectivity index (χ4n) is 3.77. The van der Waals surface area contributed by atoms with E-state index in [0.29, 0.717) is 43.4 Å². The van der Waals surface area contributed by atoms with E-state index in [1.807, 2.05) is 0 Å². The highest BCUT2D eigenvalue weighted by molar-refractivity contribution is 7.89. The predicted molar refractivity (Wildman–Crippen MR) is 121 cm³/mol. The molecule has 10 heteroatoms. The summed E-state index contributed by atoms with van der Waals surface area (Å²) in [6.45, 7) is 1.36. The summed E-state index contributed by atoms with van der Waals surface area (Å²) in [5.74, 6) is -0.328. The Bertz CT molecular complexity index is 1180. The van der Waals surface area contributed by atoms with Crippen LogP contribution in [0.5, 0.6) is 11.5 Å². The quantitative estimate of drug-likeness (QED) is 0.392. The summed E-state index contributed by atoms with van der Waals surface area (Å²) in [4.78, 5) is 36.9. The molecule has 2 aliphatic rings. The van der Waals surface area contributed by atoms with E-state index >= 15 is 0 Å². The van der Waals surface area contributed by atoms with Gasteiger partial charge in [0, 0.05) is 30.6 Å². The van der Waals surface area contributed by atoms with Crippen molar-refractivity contribution >= 4 is 27.6 Å². The number of hydrogen-bond donors (Lipinski definition) is 0. The van der Waals surface area contributed by atoms with Gasteiger partial charge in [-0.05, 0) is 55.3 Å². The van der Waals surface area contributed by atoms with Crippen LogP contribution in [0.1, 0.15) is 46.4 Å². The summed E-state index contributed by atoms with van der Waals surface area (Å²) >= 11 is 0. The fourth-order valence-corrected chi connectivity index (χ4v) is 5.29. The average Bonchev–Trinajstić information content (AvgIpc) is 3.41. The third-order valence-electron chi connectivity index (χ3n) is 5.66. The van der Waals surface area contributed by atoms with Gasteiger partial charge in [0.1, 0.15) is 13.2 Å². The molecule has 34 heavy (non-hydrogen) atoms. The van der Waals surface area contributed by atoms with Crippen LogP contribution in [0.2, 0.25) is 0 Å². The molecule has 0 radical (unpaired) electrons. The number of ketones is 2. The molecule has 0 amide bonds. The molecule has 0 aromatic heterocycles. The minimum atomic E-state index is -3.56. The van der Waals surface area contributed by atoms with Crippen molar-refractivity contribution in [3.05, 3.63) is 53.6 Å². The molecule has 2 heterocycles. The lowest BCUT2D eigenvalue weighted by atomic mass is 10.1. The number of fused-ring (bicyclic) bond motifs is 1. The van der Waals surface area contributed by atoms with Crippen molar-refractivity contribution in [1.29, 1.82) is 0 Å². The van der Waals surface area contributed by atoms with E-state index in [1.54, 1.807) is 18.2 Å². The number of carbonyl (C=O) groups excluding carboxylic acids is 3. The van der Waals surface area contributed by atoms with Crippen molar-refractivity contribution in [2.75, 3.05) is 32.9 Å². The van der Waals surface area contributed by atoms with Gasteiger partial charge in [-0.15, -0.1) is 0 Å². The minimum Gasteiger partial charge on any atom is -0.486 e. The Morgan fingerprint density at radius 2 is 1.47 bits per heavy atom. The number of Topliss-reactive ketones (excluding diaryl/α,β-unsaturated/α-hetero) is 2. The van der Waals surface area contributed by atoms with Crippen LogP contribution in [0.15, 0.2) is 47.4 Å². The molecule has 2 aliphatic heterocycles. The summed E-state index contributed by atoms with van der Waals surface area (Å²) in [5.41, 5.74) is 0.637. The van der Waals surface area contributed by atoms with Crippen molar-refractivity contribution in [2.24, 2.45) is 0 Å². The molecule has 2 aromatic carbocycles. The maximum atomic E-state index is 12.6. The second kappa shape index (κ2) is 10.4. The van der Waals surface area contributed by atoms with Gasteiger partial charge in [-0.1, -0.05) is 0 Å². The molecule has 0 bridgehead atoms. The number of ether oxygens (including phenoxy) is 3. The number of benzene rings is 2. The van der Waals surface area contributed by atoms with Gasteiger partial charge in [-0.2, -0.15) is 4.31 Å². The smallest absolute Gasteiger partial charge is 0.306 e. The number of sulfonamides is 1. The summed E-state index contributed by atoms with van der Waals surface area (Å²) in [7, 11) is -3.56. The molecule has 2 aromatic rings. The Labute approximate surface area is 197 Å². The number of rotatable bonds is 9. The normalized spacial score (nSPS) is 15.6. The molecular formula is C24H25NO8S. The average molecular weight is 488 g/mol. The van der Waals surface area contributed by atoms with E-state index < -0.39 is 28.4 Å². The molecular weight excluding hydrogens is 462 g/mol. The lowest BCUT2D eigenvalue weighted by Crippen LogP contribution is -2.27. The van der Waals surface area contributed by atoms with Gasteiger partial charge in [0.15, 0.2) is 29.7 Å². The molecule has 0 saturated carbocycles. The van der Waals surface area contributed by atoms with E-state index in [4.69, 9.17) is 14.2 Å². The first-order valence-electron chi connectivity index (χ1n) is 11.1. The number of carbonyl (C=O) groups is 3. The zero-order valence-electron chi connectivity index (χ0n) is 18.5. The van der Waals surface area contributed by atoms with Crippen LogP contribution in [-0.2, 0) is 19.6 Å². The topological polar surface area (TPSA) is 116 Å². The number of esters is 1. The monoisotopic (exact) mass is 487 g/mol. The maximum absolute atomic E-state index is 12.6. The number of nitrogens with zero attached hydrogens (tertiary/aromatic N) is 1. The first kappa shape index (κ1) is 23.9. The molecule has 9 nitrogen and oxygen atoms in total.